The molecule has 0 bridgehead atoms. The number of imide groups is 1. The molecule has 1 saturated carbocycles. The van der Waals surface area contributed by atoms with E-state index in [0.717, 1.165) is 32.1 Å². The van der Waals surface area contributed by atoms with Crippen LogP contribution in [0.5, 0.6) is 0 Å². The third-order valence-electron chi connectivity index (χ3n) is 6.21. The first-order chi connectivity index (χ1) is 12.4. The molecule has 7 heteroatoms. The molecule has 3 aliphatic rings. The summed E-state index contributed by atoms with van der Waals surface area (Å²) in [4.78, 5) is 44.1. The number of pyridine rings is 1. The van der Waals surface area contributed by atoms with E-state index in [9.17, 15) is 19.5 Å². The number of carboxylic acid groups (broad SMARTS) is 1. The first-order valence-electron chi connectivity index (χ1n) is 9.24. The summed E-state index contributed by atoms with van der Waals surface area (Å²) in [5.74, 6) is -3.33. The van der Waals surface area contributed by atoms with E-state index in [1.54, 1.807) is 24.4 Å². The van der Waals surface area contributed by atoms with Gasteiger partial charge >= 0.3 is 5.97 Å². The second kappa shape index (κ2) is 6.16. The molecule has 3 heterocycles. The van der Waals surface area contributed by atoms with E-state index in [1.807, 2.05) is 0 Å². The van der Waals surface area contributed by atoms with Gasteiger partial charge in [0.05, 0.1) is 23.6 Å². The summed E-state index contributed by atoms with van der Waals surface area (Å²) in [5.41, 5.74) is -0.887. The third kappa shape index (κ3) is 2.37. The van der Waals surface area contributed by atoms with Gasteiger partial charge in [-0.1, -0.05) is 25.3 Å². The second-order valence-electron chi connectivity index (χ2n) is 7.73. The summed E-state index contributed by atoms with van der Waals surface area (Å²) in [7, 11) is 0. The van der Waals surface area contributed by atoms with Crippen molar-refractivity contribution < 1.29 is 19.5 Å². The first-order valence-corrected chi connectivity index (χ1v) is 9.24. The van der Waals surface area contributed by atoms with E-state index >= 15 is 0 Å². The van der Waals surface area contributed by atoms with Crippen LogP contribution in [0.1, 0.15) is 50.8 Å². The van der Waals surface area contributed by atoms with Gasteiger partial charge in [-0.05, 0) is 31.9 Å². The molecule has 138 valence electrons. The largest absolute Gasteiger partial charge is 0.480 e. The Labute approximate surface area is 151 Å². The number of hydrogen-bond donors (Lipinski definition) is 2. The van der Waals surface area contributed by atoms with E-state index < -0.39 is 29.4 Å². The number of amides is 2. The highest BCUT2D eigenvalue weighted by molar-refractivity contribution is 6.09. The fourth-order valence-corrected chi connectivity index (χ4v) is 4.87. The predicted molar refractivity (Wildman–Crippen MR) is 91.9 cm³/mol. The molecule has 2 N–H and O–H groups in total. The molecular formula is C19H23N3O4. The number of carbonyl (C=O) groups excluding carboxylic acids is 2. The minimum Gasteiger partial charge on any atom is -0.480 e. The first kappa shape index (κ1) is 17.1. The summed E-state index contributed by atoms with van der Waals surface area (Å²) in [6.45, 7) is 1.51. The van der Waals surface area contributed by atoms with Gasteiger partial charge in [0.25, 0.3) is 0 Å². The van der Waals surface area contributed by atoms with E-state index in [0.29, 0.717) is 5.69 Å². The van der Waals surface area contributed by atoms with E-state index in [1.165, 1.54) is 11.8 Å². The molecule has 1 aromatic heterocycles. The molecule has 3 fully saturated rings. The molecule has 1 aromatic rings. The Hall–Kier alpha value is -2.28. The summed E-state index contributed by atoms with van der Waals surface area (Å²) in [5, 5.41) is 12.9. The van der Waals surface area contributed by atoms with Crippen LogP contribution < -0.4 is 5.32 Å². The number of aliphatic carboxylic acids is 1. The lowest BCUT2D eigenvalue weighted by molar-refractivity contribution is -0.152. The normalized spacial score (nSPS) is 35.0. The quantitative estimate of drug-likeness (QED) is 0.796. The number of hydrogen-bond acceptors (Lipinski definition) is 5. The number of nitrogens with zero attached hydrogens (tertiary/aromatic N) is 2. The Bertz CT molecular complexity index is 746. The van der Waals surface area contributed by atoms with Crippen molar-refractivity contribution in [2.75, 3.05) is 0 Å². The van der Waals surface area contributed by atoms with Gasteiger partial charge in [0.1, 0.15) is 5.54 Å². The Morgan fingerprint density at radius 1 is 1.23 bits per heavy atom. The molecule has 4 unspecified atom stereocenters. The number of fused-ring (bicyclic) bond motifs is 1. The number of likely N-dealkylation sites (tertiary alicyclic amines) is 1. The number of carbonyl (C=O) groups is 3. The lowest BCUT2D eigenvalue weighted by Crippen LogP contribution is -2.54. The molecule has 0 aromatic carbocycles. The fraction of sp³-hybridized carbons (Fsp3) is 0.579. The number of carboxylic acids is 1. The average molecular weight is 357 g/mol. The van der Waals surface area contributed by atoms with Crippen molar-refractivity contribution in [3.05, 3.63) is 30.1 Å². The van der Waals surface area contributed by atoms with Crippen LogP contribution in [0.25, 0.3) is 0 Å². The zero-order chi connectivity index (χ0) is 18.5. The van der Waals surface area contributed by atoms with E-state index in [-0.39, 0.29) is 17.9 Å². The van der Waals surface area contributed by atoms with E-state index in [4.69, 9.17) is 0 Å². The molecule has 2 amide bonds. The Morgan fingerprint density at radius 2 is 1.96 bits per heavy atom. The predicted octanol–water partition coefficient (Wildman–Crippen LogP) is 1.50. The minimum atomic E-state index is -1.48. The van der Waals surface area contributed by atoms with Crippen molar-refractivity contribution in [1.82, 2.24) is 15.2 Å². The van der Waals surface area contributed by atoms with Crippen LogP contribution in [0.4, 0.5) is 0 Å². The van der Waals surface area contributed by atoms with Crippen LogP contribution in [0.2, 0.25) is 0 Å². The summed E-state index contributed by atoms with van der Waals surface area (Å²) in [6, 6.07) is 4.66. The Kier molecular flexibility index (Phi) is 4.06. The molecule has 0 spiro atoms. The van der Waals surface area contributed by atoms with Crippen LogP contribution in [-0.4, -0.2) is 44.4 Å². The molecule has 2 aliphatic heterocycles. The monoisotopic (exact) mass is 357 g/mol. The lowest BCUT2D eigenvalue weighted by atomic mass is 9.81. The van der Waals surface area contributed by atoms with Crippen molar-refractivity contribution in [2.45, 2.75) is 56.7 Å². The highest BCUT2D eigenvalue weighted by atomic mass is 16.4. The van der Waals surface area contributed by atoms with Crippen molar-refractivity contribution >= 4 is 17.8 Å². The van der Waals surface area contributed by atoms with Crippen LogP contribution in [0, 0.1) is 11.8 Å². The van der Waals surface area contributed by atoms with Crippen LogP contribution in [0.3, 0.4) is 0 Å². The van der Waals surface area contributed by atoms with Crippen LogP contribution in [-0.2, 0) is 14.4 Å². The van der Waals surface area contributed by atoms with Crippen molar-refractivity contribution in [1.29, 1.82) is 0 Å². The van der Waals surface area contributed by atoms with E-state index in [2.05, 4.69) is 10.3 Å². The third-order valence-corrected chi connectivity index (χ3v) is 6.21. The minimum absolute atomic E-state index is 0.100. The van der Waals surface area contributed by atoms with Crippen molar-refractivity contribution in [3.63, 3.8) is 0 Å². The summed E-state index contributed by atoms with van der Waals surface area (Å²) < 4.78 is 0. The van der Waals surface area contributed by atoms with Crippen LogP contribution >= 0.6 is 0 Å². The lowest BCUT2D eigenvalue weighted by Gasteiger charge is -2.33. The number of aromatic nitrogens is 1. The SMILES string of the molecule is CC1(C(=O)O)NC(c2ccccn2)C2C(=O)N(C3CCCCC3)C(=O)C21. The van der Waals surface area contributed by atoms with Crippen LogP contribution in [0.15, 0.2) is 24.4 Å². The maximum atomic E-state index is 13.2. The maximum Gasteiger partial charge on any atom is 0.324 e. The molecule has 4 rings (SSSR count). The van der Waals surface area contributed by atoms with Gasteiger partial charge in [0, 0.05) is 12.2 Å². The maximum absolute atomic E-state index is 13.2. The molecule has 26 heavy (non-hydrogen) atoms. The summed E-state index contributed by atoms with van der Waals surface area (Å²) in [6.07, 6.45) is 6.34. The van der Waals surface area contributed by atoms with Gasteiger partial charge < -0.3 is 5.11 Å². The second-order valence-corrected chi connectivity index (χ2v) is 7.73. The van der Waals surface area contributed by atoms with Gasteiger partial charge in [-0.15, -0.1) is 0 Å². The molecule has 7 nitrogen and oxygen atoms in total. The molecule has 1 aliphatic carbocycles. The van der Waals surface area contributed by atoms with Crippen molar-refractivity contribution in [3.8, 4) is 0 Å². The fourth-order valence-electron chi connectivity index (χ4n) is 4.87. The number of rotatable bonds is 3. The smallest absolute Gasteiger partial charge is 0.324 e. The zero-order valence-corrected chi connectivity index (χ0v) is 14.7. The molecule has 4 atom stereocenters. The Morgan fingerprint density at radius 3 is 2.58 bits per heavy atom. The molecule has 0 radical (unpaired) electrons. The van der Waals surface area contributed by atoms with Gasteiger partial charge in [-0.25, -0.2) is 0 Å². The topological polar surface area (TPSA) is 99.6 Å². The van der Waals surface area contributed by atoms with Gasteiger partial charge in [-0.2, -0.15) is 0 Å². The van der Waals surface area contributed by atoms with Crippen molar-refractivity contribution in [2.24, 2.45) is 11.8 Å². The van der Waals surface area contributed by atoms with Gasteiger partial charge in [0.2, 0.25) is 11.8 Å². The summed E-state index contributed by atoms with van der Waals surface area (Å²) >= 11 is 0. The Balaban J connectivity index is 1.75. The highest BCUT2D eigenvalue weighted by Crippen LogP contribution is 2.49. The van der Waals surface area contributed by atoms with Gasteiger partial charge in [0.15, 0.2) is 0 Å². The zero-order valence-electron chi connectivity index (χ0n) is 14.7. The standard InChI is InChI=1S/C19H23N3O4/c1-19(18(25)26)14-13(15(21-19)12-9-5-6-10-20-12)16(23)22(17(14)24)11-7-3-2-4-8-11/h5-6,9-11,13-15,21H,2-4,7-8H2,1H3,(H,25,26). The highest BCUT2D eigenvalue weighted by Gasteiger charge is 2.67. The average Bonchev–Trinajstić information content (AvgIpc) is 3.11. The molecule has 2 saturated heterocycles. The number of nitrogens with one attached hydrogen (secondary N) is 1. The van der Waals surface area contributed by atoms with Gasteiger partial charge in [-0.3, -0.25) is 29.6 Å². The molecular weight excluding hydrogens is 334 g/mol.